The zero-order valence-corrected chi connectivity index (χ0v) is 17.4. The molecule has 4 heteroatoms. The molecule has 0 saturated carbocycles. The number of hydrogen-bond donors (Lipinski definition) is 0. The van der Waals surface area contributed by atoms with Crippen molar-refractivity contribution in [2.24, 2.45) is 0 Å². The first-order chi connectivity index (χ1) is 14.4. The second-order valence-corrected chi connectivity index (χ2v) is 8.96. The zero-order chi connectivity index (χ0) is 20.7. The molecule has 1 fully saturated rings. The summed E-state index contributed by atoms with van der Waals surface area (Å²) in [4.78, 5) is 0. The Hall–Kier alpha value is -2.95. The van der Waals surface area contributed by atoms with Gasteiger partial charge in [-0.1, -0.05) is 60.7 Å². The minimum atomic E-state index is -0.644. The topological polar surface area (TPSA) is 31.6 Å². The molecule has 3 nitrogen and oxygen atoms in total. The molecule has 1 saturated heterocycles. The Kier molecular flexibility index (Phi) is 3.46. The second-order valence-electron chi connectivity index (χ2n) is 8.96. The van der Waals surface area contributed by atoms with Crippen molar-refractivity contribution in [3.63, 3.8) is 0 Å². The van der Waals surface area contributed by atoms with Gasteiger partial charge in [0.25, 0.3) is 0 Å². The lowest BCUT2D eigenvalue weighted by atomic mass is 9.78. The lowest BCUT2D eigenvalue weighted by Gasteiger charge is -2.25. The SMILES string of the molecule is [CH2+]C1(C)OB(c2cccc3c2oc2ccc4ccc5ccccc5c4c23)OC1(C)C. The third-order valence-electron chi connectivity index (χ3n) is 6.70. The third-order valence-corrected chi connectivity index (χ3v) is 6.70. The maximum absolute atomic E-state index is 6.41. The molecule has 0 amide bonds. The fourth-order valence-electron chi connectivity index (χ4n) is 4.51. The summed E-state index contributed by atoms with van der Waals surface area (Å²) in [5.41, 5.74) is 1.43. The highest BCUT2D eigenvalue weighted by Crippen LogP contribution is 2.40. The molecule has 4 aromatic carbocycles. The maximum atomic E-state index is 6.41. The minimum Gasteiger partial charge on any atom is -0.456 e. The summed E-state index contributed by atoms with van der Waals surface area (Å²) in [5, 5.41) is 7.09. The van der Waals surface area contributed by atoms with Crippen molar-refractivity contribution in [1.82, 2.24) is 0 Å². The van der Waals surface area contributed by atoms with Crippen LogP contribution in [0.25, 0.3) is 43.5 Å². The lowest BCUT2D eigenvalue weighted by molar-refractivity contribution is 0.0262. The Labute approximate surface area is 175 Å². The summed E-state index contributed by atoms with van der Waals surface area (Å²) >= 11 is 0. The van der Waals surface area contributed by atoms with Gasteiger partial charge in [-0.05, 0) is 36.1 Å². The van der Waals surface area contributed by atoms with E-state index < -0.39 is 18.3 Å². The van der Waals surface area contributed by atoms with E-state index in [9.17, 15) is 0 Å². The Morgan fingerprint density at radius 3 is 2.27 bits per heavy atom. The van der Waals surface area contributed by atoms with Gasteiger partial charge in [0.05, 0.1) is 6.92 Å². The van der Waals surface area contributed by atoms with E-state index in [0.29, 0.717) is 0 Å². The van der Waals surface area contributed by atoms with Gasteiger partial charge in [0.15, 0.2) is 0 Å². The van der Waals surface area contributed by atoms with Gasteiger partial charge >= 0.3 is 7.12 Å². The standard InChI is InChI=1S/C26H22BO3/c1-25(2)26(3,4)30-27(29-25)20-11-7-10-19-23-21(28-24(19)20)15-14-17-13-12-16-8-5-6-9-18(16)22(17)23/h5-15H,1H2,2-4H3/q+1. The summed E-state index contributed by atoms with van der Waals surface area (Å²) in [6.45, 7) is 10.2. The zero-order valence-electron chi connectivity index (χ0n) is 17.4. The molecule has 0 radical (unpaired) electrons. The highest BCUT2D eigenvalue weighted by Gasteiger charge is 2.57. The first kappa shape index (κ1) is 17.9. The largest absolute Gasteiger partial charge is 0.501 e. The van der Waals surface area contributed by atoms with Gasteiger partial charge in [-0.3, -0.25) is 0 Å². The number of benzene rings is 4. The van der Waals surface area contributed by atoms with E-state index in [-0.39, 0.29) is 0 Å². The van der Waals surface area contributed by atoms with E-state index in [1.54, 1.807) is 0 Å². The quantitative estimate of drug-likeness (QED) is 0.199. The summed E-state index contributed by atoms with van der Waals surface area (Å²) in [5.74, 6) is 0. The van der Waals surface area contributed by atoms with Crippen molar-refractivity contribution in [3.8, 4) is 0 Å². The van der Waals surface area contributed by atoms with Gasteiger partial charge < -0.3 is 13.7 Å². The van der Waals surface area contributed by atoms with Crippen LogP contribution in [-0.2, 0) is 9.31 Å². The van der Waals surface area contributed by atoms with E-state index in [1.807, 2.05) is 26.8 Å². The van der Waals surface area contributed by atoms with Crippen LogP contribution in [0.5, 0.6) is 0 Å². The molecule has 1 aliphatic rings. The molecule has 1 aliphatic heterocycles. The van der Waals surface area contributed by atoms with Crippen LogP contribution in [0, 0.1) is 6.92 Å². The summed E-state index contributed by atoms with van der Waals surface area (Å²) in [6.07, 6.45) is 0. The van der Waals surface area contributed by atoms with E-state index in [0.717, 1.165) is 27.4 Å². The van der Waals surface area contributed by atoms with Crippen LogP contribution in [0.15, 0.2) is 71.1 Å². The molecule has 2 heterocycles. The van der Waals surface area contributed by atoms with Crippen molar-refractivity contribution in [1.29, 1.82) is 0 Å². The van der Waals surface area contributed by atoms with Crippen LogP contribution in [0.1, 0.15) is 20.8 Å². The maximum Gasteiger partial charge on any atom is 0.501 e. The molecule has 1 unspecified atom stereocenters. The van der Waals surface area contributed by atoms with E-state index in [2.05, 4.69) is 67.6 Å². The van der Waals surface area contributed by atoms with E-state index >= 15 is 0 Å². The van der Waals surface area contributed by atoms with Gasteiger partial charge in [0.1, 0.15) is 16.8 Å². The first-order valence-electron chi connectivity index (χ1n) is 10.3. The molecule has 146 valence electrons. The molecule has 1 aromatic heterocycles. The molecule has 30 heavy (non-hydrogen) atoms. The summed E-state index contributed by atoms with van der Waals surface area (Å²) < 4.78 is 18.9. The number of furan rings is 1. The van der Waals surface area contributed by atoms with Crippen LogP contribution in [0.4, 0.5) is 0 Å². The van der Waals surface area contributed by atoms with Crippen molar-refractivity contribution in [2.45, 2.75) is 32.0 Å². The third kappa shape index (κ3) is 2.32. The molecule has 6 rings (SSSR count). The Balaban J connectivity index is 1.68. The van der Waals surface area contributed by atoms with Crippen molar-refractivity contribution >= 4 is 56.1 Å². The first-order valence-corrected chi connectivity index (χ1v) is 10.3. The average Bonchev–Trinajstić information content (AvgIpc) is 3.21. The highest BCUT2D eigenvalue weighted by atomic mass is 16.7. The summed E-state index contributed by atoms with van der Waals surface area (Å²) in [6, 6.07) is 23.2. The van der Waals surface area contributed by atoms with Gasteiger partial charge in [0, 0.05) is 28.5 Å². The average molecular weight is 393 g/mol. The van der Waals surface area contributed by atoms with E-state index in [4.69, 9.17) is 13.7 Å². The van der Waals surface area contributed by atoms with Crippen LogP contribution in [-0.4, -0.2) is 18.3 Å². The van der Waals surface area contributed by atoms with Crippen molar-refractivity contribution in [2.75, 3.05) is 0 Å². The van der Waals surface area contributed by atoms with E-state index in [1.165, 1.54) is 21.5 Å². The summed E-state index contributed by atoms with van der Waals surface area (Å²) in [7, 11) is -0.519. The number of para-hydroxylation sites is 1. The van der Waals surface area contributed by atoms with Gasteiger partial charge in [-0.25, -0.2) is 0 Å². The number of hydrogen-bond acceptors (Lipinski definition) is 3. The van der Waals surface area contributed by atoms with Crippen molar-refractivity contribution < 1.29 is 13.7 Å². The fourth-order valence-corrected chi connectivity index (χ4v) is 4.51. The molecule has 0 spiro atoms. The number of rotatable bonds is 1. The molecule has 0 N–H and O–H groups in total. The smallest absolute Gasteiger partial charge is 0.456 e. The minimum absolute atomic E-state index is 0.505. The van der Waals surface area contributed by atoms with Gasteiger partial charge in [0.2, 0.25) is 5.60 Å². The molecule has 1 atom stereocenters. The Bertz CT molecular complexity index is 1450. The highest BCUT2D eigenvalue weighted by molar-refractivity contribution is 6.65. The van der Waals surface area contributed by atoms with Gasteiger partial charge in [-0.15, -0.1) is 0 Å². The molecule has 0 bridgehead atoms. The second kappa shape index (κ2) is 5.81. The predicted octanol–water partition coefficient (Wildman–Crippen LogP) is 6.01. The van der Waals surface area contributed by atoms with Gasteiger partial charge in [-0.2, -0.15) is 0 Å². The number of fused-ring (bicyclic) bond motifs is 7. The molecule has 0 aliphatic carbocycles. The normalized spacial score (nSPS) is 21.4. The monoisotopic (exact) mass is 393 g/mol. The van der Waals surface area contributed by atoms with Crippen LogP contribution < -0.4 is 5.46 Å². The molecular formula is C26H22BO3+. The van der Waals surface area contributed by atoms with Crippen LogP contribution in [0.2, 0.25) is 0 Å². The fraction of sp³-hybridized carbons (Fsp3) is 0.192. The Morgan fingerprint density at radius 2 is 1.47 bits per heavy atom. The van der Waals surface area contributed by atoms with Crippen LogP contribution in [0.3, 0.4) is 0 Å². The van der Waals surface area contributed by atoms with Crippen molar-refractivity contribution in [3.05, 3.63) is 73.7 Å². The molecule has 5 aromatic rings. The van der Waals surface area contributed by atoms with Crippen LogP contribution >= 0.6 is 0 Å². The Morgan fingerprint density at radius 1 is 0.733 bits per heavy atom. The molecular weight excluding hydrogens is 371 g/mol. The lowest BCUT2D eigenvalue weighted by Crippen LogP contribution is -2.42. The predicted molar refractivity (Wildman–Crippen MR) is 124 cm³/mol.